The molecule has 0 bridgehead atoms. The predicted octanol–water partition coefficient (Wildman–Crippen LogP) is 1.72. The van der Waals surface area contributed by atoms with Crippen LogP contribution in [0.25, 0.3) is 0 Å². The second-order valence-corrected chi connectivity index (χ2v) is 4.46. The van der Waals surface area contributed by atoms with Crippen molar-refractivity contribution in [1.29, 1.82) is 0 Å². The summed E-state index contributed by atoms with van der Waals surface area (Å²) in [6.45, 7) is 2.85. The highest BCUT2D eigenvalue weighted by Gasteiger charge is 2.28. The third-order valence-corrected chi connectivity index (χ3v) is 2.61. The molecule has 9 heteroatoms. The third-order valence-electron chi connectivity index (χ3n) is 2.61. The van der Waals surface area contributed by atoms with Crippen LogP contribution in [0.1, 0.15) is 12.5 Å². The Hall–Kier alpha value is -2.03. The Morgan fingerprint density at radius 3 is 2.65 bits per heavy atom. The zero-order valence-corrected chi connectivity index (χ0v) is 13.1. The van der Waals surface area contributed by atoms with E-state index in [1.807, 2.05) is 6.92 Å². The number of aromatic nitrogens is 1. The molecule has 0 aliphatic rings. The Labute approximate surface area is 133 Å². The molecule has 0 amide bonds. The molecule has 1 rings (SSSR count). The zero-order chi connectivity index (χ0) is 17.1. The highest BCUT2D eigenvalue weighted by molar-refractivity contribution is 5.79. The maximum absolute atomic E-state index is 12.0. The van der Waals surface area contributed by atoms with Crippen LogP contribution in [0.4, 0.5) is 13.2 Å². The van der Waals surface area contributed by atoms with Gasteiger partial charge in [0.1, 0.15) is 0 Å². The quantitative estimate of drug-likeness (QED) is 0.430. The number of guanidine groups is 1. The number of hydrogen-bond acceptors (Lipinski definition) is 4. The lowest BCUT2D eigenvalue weighted by Gasteiger charge is -2.12. The molecule has 0 aliphatic carbocycles. The van der Waals surface area contributed by atoms with Crippen molar-refractivity contribution in [2.24, 2.45) is 4.99 Å². The maximum Gasteiger partial charge on any atom is 0.422 e. The molecule has 130 valence electrons. The lowest BCUT2D eigenvalue weighted by atomic mass is 10.3. The second kappa shape index (κ2) is 9.88. The van der Waals surface area contributed by atoms with E-state index in [1.165, 1.54) is 12.3 Å². The number of hydrogen-bond donors (Lipinski definition) is 2. The largest absolute Gasteiger partial charge is 0.468 e. The van der Waals surface area contributed by atoms with Gasteiger partial charge in [-0.2, -0.15) is 13.2 Å². The minimum Gasteiger partial charge on any atom is -0.468 e. The fourth-order valence-corrected chi connectivity index (χ4v) is 1.55. The van der Waals surface area contributed by atoms with E-state index in [0.29, 0.717) is 32.3 Å². The Morgan fingerprint density at radius 2 is 2.09 bits per heavy atom. The molecular formula is C14H21F3N4O2. The molecule has 0 atom stereocenters. The van der Waals surface area contributed by atoms with Gasteiger partial charge in [0, 0.05) is 39.0 Å². The van der Waals surface area contributed by atoms with Crippen molar-refractivity contribution in [2.45, 2.75) is 19.6 Å². The highest BCUT2D eigenvalue weighted by atomic mass is 19.4. The Balaban J connectivity index is 2.36. The summed E-state index contributed by atoms with van der Waals surface area (Å²) in [6, 6.07) is 3.03. The summed E-state index contributed by atoms with van der Waals surface area (Å²) in [6.07, 6.45) is -2.92. The van der Waals surface area contributed by atoms with Gasteiger partial charge in [0.05, 0.1) is 6.61 Å². The first kappa shape index (κ1) is 19.0. The van der Waals surface area contributed by atoms with E-state index >= 15 is 0 Å². The van der Waals surface area contributed by atoms with Crippen molar-refractivity contribution >= 4 is 5.96 Å². The van der Waals surface area contributed by atoms with Crippen LogP contribution in [0.5, 0.6) is 5.88 Å². The van der Waals surface area contributed by atoms with Crippen LogP contribution in [0, 0.1) is 0 Å². The van der Waals surface area contributed by atoms with E-state index in [2.05, 4.69) is 25.3 Å². The standard InChI is InChI=1S/C14H21F3N4O2/c1-3-22-7-6-19-13(18-2)21-9-11-4-5-12(20-8-11)23-10-14(15,16)17/h4-5,8H,3,6-7,9-10H2,1-2H3,(H2,18,19,21). The number of ether oxygens (including phenoxy) is 2. The molecule has 0 saturated heterocycles. The first-order valence-electron chi connectivity index (χ1n) is 7.11. The minimum absolute atomic E-state index is 0.0645. The number of nitrogens with one attached hydrogen (secondary N) is 2. The summed E-state index contributed by atoms with van der Waals surface area (Å²) in [4.78, 5) is 7.87. The maximum atomic E-state index is 12.0. The lowest BCUT2D eigenvalue weighted by Crippen LogP contribution is -2.38. The second-order valence-electron chi connectivity index (χ2n) is 4.46. The fourth-order valence-electron chi connectivity index (χ4n) is 1.55. The van der Waals surface area contributed by atoms with Crippen LogP contribution in [0.15, 0.2) is 23.3 Å². The number of pyridine rings is 1. The van der Waals surface area contributed by atoms with Gasteiger partial charge in [-0.1, -0.05) is 6.07 Å². The fraction of sp³-hybridized carbons (Fsp3) is 0.571. The average Bonchev–Trinajstić information content (AvgIpc) is 2.52. The van der Waals surface area contributed by atoms with Crippen molar-refractivity contribution < 1.29 is 22.6 Å². The summed E-state index contributed by atoms with van der Waals surface area (Å²) in [5.41, 5.74) is 0.789. The smallest absolute Gasteiger partial charge is 0.422 e. The molecule has 0 spiro atoms. The molecule has 0 radical (unpaired) electrons. The number of alkyl halides is 3. The van der Waals surface area contributed by atoms with Crippen LogP contribution >= 0.6 is 0 Å². The van der Waals surface area contributed by atoms with Gasteiger partial charge in [-0.25, -0.2) is 4.98 Å². The first-order chi connectivity index (χ1) is 10.9. The van der Waals surface area contributed by atoms with E-state index < -0.39 is 12.8 Å². The topological polar surface area (TPSA) is 67.8 Å². The predicted molar refractivity (Wildman–Crippen MR) is 80.5 cm³/mol. The summed E-state index contributed by atoms with van der Waals surface area (Å²) in [7, 11) is 1.64. The van der Waals surface area contributed by atoms with E-state index in [0.717, 1.165) is 5.56 Å². The first-order valence-corrected chi connectivity index (χ1v) is 7.11. The van der Waals surface area contributed by atoms with E-state index in [4.69, 9.17) is 4.74 Å². The summed E-state index contributed by atoms with van der Waals surface area (Å²) >= 11 is 0. The van der Waals surface area contributed by atoms with Crippen molar-refractivity contribution in [2.75, 3.05) is 33.4 Å². The molecule has 1 heterocycles. The highest BCUT2D eigenvalue weighted by Crippen LogP contribution is 2.16. The molecule has 0 fully saturated rings. The van der Waals surface area contributed by atoms with Crippen LogP contribution in [0.3, 0.4) is 0 Å². The molecular weight excluding hydrogens is 313 g/mol. The van der Waals surface area contributed by atoms with Gasteiger partial charge < -0.3 is 20.1 Å². The minimum atomic E-state index is -4.37. The van der Waals surface area contributed by atoms with Gasteiger partial charge in [-0.15, -0.1) is 0 Å². The van der Waals surface area contributed by atoms with Gasteiger partial charge >= 0.3 is 6.18 Å². The molecule has 1 aromatic rings. The van der Waals surface area contributed by atoms with Crippen LogP contribution in [0.2, 0.25) is 0 Å². The average molecular weight is 334 g/mol. The lowest BCUT2D eigenvalue weighted by molar-refractivity contribution is -0.154. The van der Waals surface area contributed by atoms with Crippen molar-refractivity contribution in [1.82, 2.24) is 15.6 Å². The molecule has 23 heavy (non-hydrogen) atoms. The van der Waals surface area contributed by atoms with Gasteiger partial charge in [-0.05, 0) is 12.5 Å². The summed E-state index contributed by atoms with van der Waals surface area (Å²) in [5, 5.41) is 6.13. The SMILES string of the molecule is CCOCCNC(=NC)NCc1ccc(OCC(F)(F)F)nc1. The van der Waals surface area contributed by atoms with Gasteiger partial charge in [0.25, 0.3) is 0 Å². The number of rotatable bonds is 8. The normalized spacial score (nSPS) is 12.1. The number of aliphatic imine (C=N–C) groups is 1. The van der Waals surface area contributed by atoms with Crippen LogP contribution in [-0.4, -0.2) is 50.5 Å². The summed E-state index contributed by atoms with van der Waals surface area (Å²) < 4.78 is 45.8. The van der Waals surface area contributed by atoms with Crippen molar-refractivity contribution in [3.63, 3.8) is 0 Å². The molecule has 2 N–H and O–H groups in total. The van der Waals surface area contributed by atoms with Crippen molar-refractivity contribution in [3.8, 4) is 5.88 Å². The zero-order valence-electron chi connectivity index (χ0n) is 13.1. The summed E-state index contributed by atoms with van der Waals surface area (Å²) in [5.74, 6) is 0.535. The molecule has 0 unspecified atom stereocenters. The van der Waals surface area contributed by atoms with E-state index in [-0.39, 0.29) is 5.88 Å². The monoisotopic (exact) mass is 334 g/mol. The molecule has 1 aromatic heterocycles. The van der Waals surface area contributed by atoms with Crippen LogP contribution < -0.4 is 15.4 Å². The Bertz CT molecular complexity index is 478. The molecule has 6 nitrogen and oxygen atoms in total. The van der Waals surface area contributed by atoms with E-state index in [9.17, 15) is 13.2 Å². The van der Waals surface area contributed by atoms with Crippen molar-refractivity contribution in [3.05, 3.63) is 23.9 Å². The number of nitrogens with zero attached hydrogens (tertiary/aromatic N) is 2. The molecule has 0 aromatic carbocycles. The Morgan fingerprint density at radius 1 is 1.30 bits per heavy atom. The third kappa shape index (κ3) is 8.87. The van der Waals surface area contributed by atoms with Crippen LogP contribution in [-0.2, 0) is 11.3 Å². The van der Waals surface area contributed by atoms with Gasteiger partial charge in [-0.3, -0.25) is 4.99 Å². The molecule has 0 aliphatic heterocycles. The van der Waals surface area contributed by atoms with Gasteiger partial charge in [0.15, 0.2) is 12.6 Å². The molecule has 0 saturated carbocycles. The Kier molecular flexibility index (Phi) is 8.17. The van der Waals surface area contributed by atoms with Gasteiger partial charge in [0.2, 0.25) is 5.88 Å². The van der Waals surface area contributed by atoms with E-state index in [1.54, 1.807) is 13.1 Å². The number of halogens is 3.